The zero-order chi connectivity index (χ0) is 20.2. The van der Waals surface area contributed by atoms with Crippen LogP contribution in [0.3, 0.4) is 0 Å². The SMILES string of the molecule is O=C(Cc1cccs1)Nc1nc(C(=O)N2CCN(C(=O)c3ccco3)CC2)co1. The fourth-order valence-electron chi connectivity index (χ4n) is 2.99. The predicted molar refractivity (Wildman–Crippen MR) is 104 cm³/mol. The minimum absolute atomic E-state index is 0.0125. The Balaban J connectivity index is 1.30. The Labute approximate surface area is 169 Å². The fourth-order valence-corrected chi connectivity index (χ4v) is 3.70. The van der Waals surface area contributed by atoms with Crippen molar-refractivity contribution in [3.63, 3.8) is 0 Å². The number of rotatable bonds is 5. The lowest BCUT2D eigenvalue weighted by Crippen LogP contribution is -2.50. The number of anilines is 1. The molecule has 150 valence electrons. The smallest absolute Gasteiger partial charge is 0.302 e. The minimum atomic E-state index is -0.308. The molecule has 0 unspecified atom stereocenters. The van der Waals surface area contributed by atoms with Crippen LogP contribution in [0.5, 0.6) is 0 Å². The molecule has 1 aliphatic heterocycles. The van der Waals surface area contributed by atoms with Crippen LogP contribution in [-0.2, 0) is 11.2 Å². The van der Waals surface area contributed by atoms with Gasteiger partial charge in [0.1, 0.15) is 6.26 Å². The van der Waals surface area contributed by atoms with Crippen LogP contribution in [0.4, 0.5) is 6.01 Å². The van der Waals surface area contributed by atoms with Crippen LogP contribution in [0.15, 0.2) is 51.0 Å². The second-order valence-corrected chi connectivity index (χ2v) is 7.44. The molecule has 1 saturated heterocycles. The van der Waals surface area contributed by atoms with Crippen LogP contribution in [0.2, 0.25) is 0 Å². The van der Waals surface area contributed by atoms with Crippen LogP contribution in [0, 0.1) is 0 Å². The van der Waals surface area contributed by atoms with Crippen LogP contribution in [0.25, 0.3) is 0 Å². The highest BCUT2D eigenvalue weighted by Crippen LogP contribution is 2.15. The van der Waals surface area contributed by atoms with Crippen molar-refractivity contribution in [1.82, 2.24) is 14.8 Å². The number of hydrogen-bond acceptors (Lipinski definition) is 7. The van der Waals surface area contributed by atoms with Gasteiger partial charge in [-0.1, -0.05) is 6.07 Å². The normalized spacial score (nSPS) is 14.1. The molecule has 29 heavy (non-hydrogen) atoms. The van der Waals surface area contributed by atoms with Crippen molar-refractivity contribution in [3.05, 3.63) is 58.5 Å². The molecule has 4 heterocycles. The number of piperazine rings is 1. The molecule has 3 aromatic rings. The van der Waals surface area contributed by atoms with E-state index in [0.717, 1.165) is 4.88 Å². The molecule has 0 aliphatic carbocycles. The second kappa shape index (κ2) is 8.31. The Morgan fingerprint density at radius 1 is 1.03 bits per heavy atom. The third-order valence-corrected chi connectivity index (χ3v) is 5.35. The van der Waals surface area contributed by atoms with Crippen LogP contribution >= 0.6 is 11.3 Å². The number of thiophene rings is 1. The highest BCUT2D eigenvalue weighted by atomic mass is 32.1. The zero-order valence-electron chi connectivity index (χ0n) is 15.4. The first-order chi connectivity index (χ1) is 14.1. The van der Waals surface area contributed by atoms with Gasteiger partial charge in [0.2, 0.25) is 5.91 Å². The van der Waals surface area contributed by atoms with Gasteiger partial charge in [-0.25, -0.2) is 0 Å². The molecule has 3 amide bonds. The van der Waals surface area contributed by atoms with Gasteiger partial charge in [0.05, 0.1) is 12.7 Å². The lowest BCUT2D eigenvalue weighted by molar-refractivity contribution is -0.115. The molecule has 0 atom stereocenters. The summed E-state index contributed by atoms with van der Waals surface area (Å²) in [4.78, 5) is 45.2. The van der Waals surface area contributed by atoms with E-state index in [4.69, 9.17) is 8.83 Å². The molecule has 0 spiro atoms. The maximum absolute atomic E-state index is 12.6. The summed E-state index contributed by atoms with van der Waals surface area (Å²) < 4.78 is 10.3. The monoisotopic (exact) mass is 414 g/mol. The van der Waals surface area contributed by atoms with Crippen molar-refractivity contribution in [2.45, 2.75) is 6.42 Å². The van der Waals surface area contributed by atoms with E-state index in [2.05, 4.69) is 10.3 Å². The van der Waals surface area contributed by atoms with Crippen LogP contribution in [0.1, 0.15) is 25.9 Å². The Hall–Kier alpha value is -3.40. The third kappa shape index (κ3) is 4.37. The summed E-state index contributed by atoms with van der Waals surface area (Å²) >= 11 is 1.49. The van der Waals surface area contributed by atoms with E-state index in [1.54, 1.807) is 21.9 Å². The van der Waals surface area contributed by atoms with E-state index in [-0.39, 0.29) is 41.6 Å². The molecule has 1 aliphatic rings. The van der Waals surface area contributed by atoms with Crippen molar-refractivity contribution in [2.24, 2.45) is 0 Å². The number of carbonyl (C=O) groups excluding carboxylic acids is 3. The van der Waals surface area contributed by atoms with Gasteiger partial charge >= 0.3 is 6.01 Å². The van der Waals surface area contributed by atoms with E-state index in [9.17, 15) is 14.4 Å². The number of amides is 3. The van der Waals surface area contributed by atoms with Gasteiger partial charge in [-0.05, 0) is 23.6 Å². The lowest BCUT2D eigenvalue weighted by atomic mass is 10.2. The van der Waals surface area contributed by atoms with Crippen LogP contribution in [-0.4, -0.2) is 58.7 Å². The average Bonchev–Trinajstić information content (AvgIpc) is 3.50. The predicted octanol–water partition coefficient (Wildman–Crippen LogP) is 2.11. The number of hydrogen-bond donors (Lipinski definition) is 1. The summed E-state index contributed by atoms with van der Waals surface area (Å²) in [5.41, 5.74) is 0.113. The van der Waals surface area contributed by atoms with Crippen molar-refractivity contribution in [1.29, 1.82) is 0 Å². The van der Waals surface area contributed by atoms with Gasteiger partial charge < -0.3 is 18.6 Å². The van der Waals surface area contributed by atoms with Gasteiger partial charge in [-0.3, -0.25) is 19.7 Å². The standard InChI is InChI=1S/C19H18N4O5S/c24-16(11-13-3-2-10-29-13)21-19-20-14(12-28-19)17(25)22-5-7-23(8-6-22)18(26)15-4-1-9-27-15/h1-4,9-10,12H,5-8,11H2,(H,20,21,24). The Morgan fingerprint density at radius 2 is 1.79 bits per heavy atom. The second-order valence-electron chi connectivity index (χ2n) is 6.40. The van der Waals surface area contributed by atoms with Crippen molar-refractivity contribution in [2.75, 3.05) is 31.5 Å². The summed E-state index contributed by atoms with van der Waals surface area (Å²) in [6, 6.07) is 7.00. The van der Waals surface area contributed by atoms with Crippen molar-refractivity contribution in [3.8, 4) is 0 Å². The molecular weight excluding hydrogens is 396 g/mol. The van der Waals surface area contributed by atoms with E-state index in [1.807, 2.05) is 17.5 Å². The Kier molecular flexibility index (Phi) is 5.43. The summed E-state index contributed by atoms with van der Waals surface area (Å²) in [5.74, 6) is -0.487. The Bertz CT molecular complexity index is 988. The molecule has 10 heteroatoms. The van der Waals surface area contributed by atoms with Gasteiger partial charge in [0.15, 0.2) is 11.5 Å². The molecule has 1 fully saturated rings. The highest BCUT2D eigenvalue weighted by molar-refractivity contribution is 7.10. The first kappa shape index (κ1) is 18.9. The Morgan fingerprint density at radius 3 is 2.45 bits per heavy atom. The minimum Gasteiger partial charge on any atom is -0.459 e. The fraction of sp³-hybridized carbons (Fsp3) is 0.263. The van der Waals surface area contributed by atoms with Gasteiger partial charge in [-0.2, -0.15) is 4.98 Å². The van der Waals surface area contributed by atoms with Crippen molar-refractivity contribution < 1.29 is 23.2 Å². The molecule has 0 bridgehead atoms. The molecule has 1 N–H and O–H groups in total. The summed E-state index contributed by atoms with van der Waals surface area (Å²) in [6.45, 7) is 1.54. The molecule has 4 rings (SSSR count). The number of nitrogens with zero attached hydrogens (tertiary/aromatic N) is 3. The summed E-state index contributed by atoms with van der Waals surface area (Å²) in [6.07, 6.45) is 2.90. The molecule has 0 aromatic carbocycles. The highest BCUT2D eigenvalue weighted by Gasteiger charge is 2.28. The maximum atomic E-state index is 12.6. The first-order valence-corrected chi connectivity index (χ1v) is 9.88. The van der Waals surface area contributed by atoms with Gasteiger partial charge in [-0.15, -0.1) is 11.3 Å². The number of furan rings is 1. The largest absolute Gasteiger partial charge is 0.459 e. The van der Waals surface area contributed by atoms with Gasteiger partial charge in [0, 0.05) is 31.1 Å². The average molecular weight is 414 g/mol. The number of aromatic nitrogens is 1. The summed E-state index contributed by atoms with van der Waals surface area (Å²) in [7, 11) is 0. The van der Waals surface area contributed by atoms with E-state index in [1.165, 1.54) is 23.9 Å². The molecule has 3 aromatic heterocycles. The van der Waals surface area contributed by atoms with E-state index >= 15 is 0 Å². The van der Waals surface area contributed by atoms with Crippen molar-refractivity contribution >= 4 is 35.1 Å². The lowest BCUT2D eigenvalue weighted by Gasteiger charge is -2.33. The van der Waals surface area contributed by atoms with E-state index < -0.39 is 0 Å². The maximum Gasteiger partial charge on any atom is 0.302 e. The topological polar surface area (TPSA) is 109 Å². The van der Waals surface area contributed by atoms with E-state index in [0.29, 0.717) is 26.2 Å². The number of oxazole rings is 1. The molecular formula is C19H18N4O5S. The molecule has 0 radical (unpaired) electrons. The first-order valence-electron chi connectivity index (χ1n) is 9.00. The number of nitrogens with one attached hydrogen (secondary N) is 1. The zero-order valence-corrected chi connectivity index (χ0v) is 16.2. The molecule has 0 saturated carbocycles. The quantitative estimate of drug-likeness (QED) is 0.685. The molecule has 9 nitrogen and oxygen atoms in total. The van der Waals surface area contributed by atoms with Gasteiger partial charge in [0.25, 0.3) is 11.8 Å². The van der Waals surface area contributed by atoms with Crippen LogP contribution < -0.4 is 5.32 Å². The number of carbonyl (C=O) groups is 3. The summed E-state index contributed by atoms with van der Waals surface area (Å²) in [5, 5.41) is 4.45. The third-order valence-electron chi connectivity index (χ3n) is 4.47.